The van der Waals surface area contributed by atoms with Gasteiger partial charge in [0.2, 0.25) is 0 Å². The average molecular weight is 208 g/mol. The van der Waals surface area contributed by atoms with Crippen LogP contribution < -0.4 is 5.73 Å². The van der Waals surface area contributed by atoms with Gasteiger partial charge in [0, 0.05) is 0 Å². The number of hydrogen-bond acceptors (Lipinski definition) is 4. The van der Waals surface area contributed by atoms with Gasteiger partial charge in [-0.25, -0.2) is 0 Å². The third kappa shape index (κ3) is 4.44. The first-order valence-electron chi connectivity index (χ1n) is 4.79. The molecule has 1 aromatic heterocycles. The largest absolute Gasteiger partial charge is 0.460 e. The molecule has 0 aromatic carbocycles. The van der Waals surface area contributed by atoms with E-state index in [0.717, 1.165) is 0 Å². The van der Waals surface area contributed by atoms with Crippen molar-refractivity contribution in [2.45, 2.75) is 32.8 Å². The molecule has 0 saturated carbocycles. The van der Waals surface area contributed by atoms with Crippen molar-refractivity contribution in [1.29, 1.82) is 0 Å². The number of aromatic nitrogens is 1. The van der Waals surface area contributed by atoms with Gasteiger partial charge in [0.05, 0.1) is 24.0 Å². The second-order valence-electron chi connectivity index (χ2n) is 4.35. The molecule has 0 aliphatic heterocycles. The summed E-state index contributed by atoms with van der Waals surface area (Å²) in [5.41, 5.74) is 6.28. The van der Waals surface area contributed by atoms with Crippen molar-refractivity contribution in [3.8, 4) is 0 Å². The van der Waals surface area contributed by atoms with Crippen molar-refractivity contribution >= 4 is 11.7 Å². The van der Waals surface area contributed by atoms with Gasteiger partial charge in [-0.05, 0) is 32.9 Å². The van der Waals surface area contributed by atoms with E-state index in [0.29, 0.717) is 11.4 Å². The summed E-state index contributed by atoms with van der Waals surface area (Å²) in [6.07, 6.45) is 1.71. The van der Waals surface area contributed by atoms with E-state index in [1.165, 1.54) is 6.20 Å². The van der Waals surface area contributed by atoms with E-state index in [1.54, 1.807) is 12.1 Å². The summed E-state index contributed by atoms with van der Waals surface area (Å²) in [4.78, 5) is 15.4. The lowest BCUT2D eigenvalue weighted by Gasteiger charge is -2.19. The zero-order valence-corrected chi connectivity index (χ0v) is 9.28. The molecule has 0 spiro atoms. The first kappa shape index (κ1) is 11.5. The maximum Gasteiger partial charge on any atom is 0.312 e. The van der Waals surface area contributed by atoms with Gasteiger partial charge in [0.1, 0.15) is 5.60 Å². The number of anilines is 1. The van der Waals surface area contributed by atoms with Crippen molar-refractivity contribution in [2.75, 3.05) is 5.73 Å². The molecule has 0 saturated heterocycles. The Kier molecular flexibility index (Phi) is 3.29. The number of esters is 1. The number of rotatable bonds is 2. The molecule has 1 heterocycles. The number of carbonyl (C=O) groups excluding carboxylic acids is 1. The Labute approximate surface area is 89.5 Å². The molecule has 0 fully saturated rings. The number of ether oxygens (including phenoxy) is 1. The van der Waals surface area contributed by atoms with Crippen LogP contribution in [0.3, 0.4) is 0 Å². The summed E-state index contributed by atoms with van der Waals surface area (Å²) < 4.78 is 5.16. The highest BCUT2D eigenvalue weighted by Gasteiger charge is 2.16. The molecule has 0 radical (unpaired) electrons. The van der Waals surface area contributed by atoms with Gasteiger partial charge in [-0.15, -0.1) is 0 Å². The maximum atomic E-state index is 11.4. The van der Waals surface area contributed by atoms with Gasteiger partial charge in [-0.2, -0.15) is 0 Å². The van der Waals surface area contributed by atoms with E-state index in [9.17, 15) is 4.79 Å². The van der Waals surface area contributed by atoms with E-state index in [4.69, 9.17) is 10.5 Å². The highest BCUT2D eigenvalue weighted by atomic mass is 16.6. The van der Waals surface area contributed by atoms with Crippen LogP contribution in [0, 0.1) is 0 Å². The Bertz CT molecular complexity index is 339. The molecule has 0 amide bonds. The third-order valence-corrected chi connectivity index (χ3v) is 1.59. The fraction of sp³-hybridized carbons (Fsp3) is 0.455. The fourth-order valence-corrected chi connectivity index (χ4v) is 1.07. The summed E-state index contributed by atoms with van der Waals surface area (Å²) in [5.74, 6) is -0.278. The molecule has 4 heteroatoms. The van der Waals surface area contributed by atoms with Crippen molar-refractivity contribution in [2.24, 2.45) is 0 Å². The van der Waals surface area contributed by atoms with Crippen LogP contribution in [0.4, 0.5) is 5.69 Å². The number of nitrogens with zero attached hydrogens (tertiary/aromatic N) is 1. The van der Waals surface area contributed by atoms with Crippen LogP contribution in [0.5, 0.6) is 0 Å². The van der Waals surface area contributed by atoms with E-state index in [1.807, 2.05) is 20.8 Å². The van der Waals surface area contributed by atoms with Crippen LogP contribution in [0.2, 0.25) is 0 Å². The van der Waals surface area contributed by atoms with Crippen molar-refractivity contribution in [3.63, 3.8) is 0 Å². The SMILES string of the molecule is CC(C)(C)OC(=O)Cc1ccc(N)cn1. The number of pyridine rings is 1. The average Bonchev–Trinajstić information content (AvgIpc) is 2.05. The molecule has 0 unspecified atom stereocenters. The summed E-state index contributed by atoms with van der Waals surface area (Å²) in [5, 5.41) is 0. The predicted octanol–water partition coefficient (Wildman–Crippen LogP) is 1.55. The number of nitrogen functional groups attached to an aromatic ring is 1. The van der Waals surface area contributed by atoms with Gasteiger partial charge < -0.3 is 10.5 Å². The van der Waals surface area contributed by atoms with Crippen LogP contribution in [0.25, 0.3) is 0 Å². The minimum Gasteiger partial charge on any atom is -0.460 e. The summed E-state index contributed by atoms with van der Waals surface area (Å²) in [6, 6.07) is 3.44. The topological polar surface area (TPSA) is 65.2 Å². The van der Waals surface area contributed by atoms with E-state index >= 15 is 0 Å². The first-order valence-corrected chi connectivity index (χ1v) is 4.79. The van der Waals surface area contributed by atoms with Crippen molar-refractivity contribution < 1.29 is 9.53 Å². The Balaban J connectivity index is 2.55. The van der Waals surface area contributed by atoms with Gasteiger partial charge in [-0.3, -0.25) is 9.78 Å². The normalized spacial score (nSPS) is 11.1. The second-order valence-corrected chi connectivity index (χ2v) is 4.35. The number of carbonyl (C=O) groups is 1. The van der Waals surface area contributed by atoms with Crippen molar-refractivity contribution in [1.82, 2.24) is 4.98 Å². The fourth-order valence-electron chi connectivity index (χ4n) is 1.07. The lowest BCUT2D eigenvalue weighted by molar-refractivity contribution is -0.153. The zero-order chi connectivity index (χ0) is 11.5. The Morgan fingerprint density at radius 1 is 1.47 bits per heavy atom. The lowest BCUT2D eigenvalue weighted by atomic mass is 10.2. The van der Waals surface area contributed by atoms with Gasteiger partial charge >= 0.3 is 5.97 Å². The molecule has 0 atom stereocenters. The van der Waals surface area contributed by atoms with Crippen LogP contribution in [0.1, 0.15) is 26.5 Å². The molecule has 15 heavy (non-hydrogen) atoms. The molecule has 1 aromatic rings. The van der Waals surface area contributed by atoms with E-state index in [-0.39, 0.29) is 12.4 Å². The number of nitrogens with two attached hydrogens (primary N) is 1. The minimum atomic E-state index is -0.453. The smallest absolute Gasteiger partial charge is 0.312 e. The Morgan fingerprint density at radius 2 is 2.13 bits per heavy atom. The van der Waals surface area contributed by atoms with Gasteiger partial charge in [0.25, 0.3) is 0 Å². The predicted molar refractivity (Wildman–Crippen MR) is 58.2 cm³/mol. The molecular weight excluding hydrogens is 192 g/mol. The van der Waals surface area contributed by atoms with Crippen LogP contribution in [-0.4, -0.2) is 16.6 Å². The molecule has 0 bridgehead atoms. The summed E-state index contributed by atoms with van der Waals surface area (Å²) >= 11 is 0. The standard InChI is InChI=1S/C11H16N2O2/c1-11(2,3)15-10(14)6-9-5-4-8(12)7-13-9/h4-5,7H,6,12H2,1-3H3. The van der Waals surface area contributed by atoms with Crippen molar-refractivity contribution in [3.05, 3.63) is 24.0 Å². The molecule has 1 rings (SSSR count). The van der Waals surface area contributed by atoms with Crippen LogP contribution in [0.15, 0.2) is 18.3 Å². The Hall–Kier alpha value is -1.58. The molecule has 0 aliphatic carbocycles. The zero-order valence-electron chi connectivity index (χ0n) is 9.28. The molecule has 82 valence electrons. The molecule has 0 aliphatic rings. The summed E-state index contributed by atoms with van der Waals surface area (Å²) in [6.45, 7) is 5.50. The molecule has 4 nitrogen and oxygen atoms in total. The second kappa shape index (κ2) is 4.29. The monoisotopic (exact) mass is 208 g/mol. The first-order chi connectivity index (χ1) is 6.87. The van der Waals surface area contributed by atoms with Crippen LogP contribution >= 0.6 is 0 Å². The summed E-state index contributed by atoms with van der Waals surface area (Å²) in [7, 11) is 0. The highest BCUT2D eigenvalue weighted by molar-refractivity contribution is 5.72. The third-order valence-electron chi connectivity index (χ3n) is 1.59. The number of hydrogen-bond donors (Lipinski definition) is 1. The lowest BCUT2D eigenvalue weighted by Crippen LogP contribution is -2.25. The quantitative estimate of drug-likeness (QED) is 0.749. The van der Waals surface area contributed by atoms with Gasteiger partial charge in [0.15, 0.2) is 0 Å². The molecule has 2 N–H and O–H groups in total. The van der Waals surface area contributed by atoms with Crippen LogP contribution in [-0.2, 0) is 16.0 Å². The van der Waals surface area contributed by atoms with Gasteiger partial charge in [-0.1, -0.05) is 0 Å². The minimum absolute atomic E-state index is 0.178. The van der Waals surface area contributed by atoms with E-state index < -0.39 is 5.60 Å². The highest BCUT2D eigenvalue weighted by Crippen LogP contribution is 2.09. The molecular formula is C11H16N2O2. The Morgan fingerprint density at radius 3 is 2.60 bits per heavy atom. The maximum absolute atomic E-state index is 11.4. The van der Waals surface area contributed by atoms with E-state index in [2.05, 4.69) is 4.98 Å².